The third kappa shape index (κ3) is 7.44. The van der Waals surface area contributed by atoms with Gasteiger partial charge in [0.1, 0.15) is 0 Å². The predicted molar refractivity (Wildman–Crippen MR) is 25.0 cm³/mol. The Bertz CT molecular complexity index is 84.7. The van der Waals surface area contributed by atoms with Crippen molar-refractivity contribution in [2.75, 3.05) is 13.8 Å². The number of rotatable bonds is 2. The average Bonchev–Trinajstić information content (AvgIpc) is 1.89. The molecule has 0 spiro atoms. The molecule has 0 amide bonds. The first kappa shape index (κ1) is 13.2. The maximum absolute atomic E-state index is 11.2. The molecule has 0 saturated heterocycles. The Balaban J connectivity index is 0. The summed E-state index contributed by atoms with van der Waals surface area (Å²) in [5.41, 5.74) is 0. The van der Waals surface area contributed by atoms with Crippen molar-refractivity contribution in [3.05, 3.63) is 0 Å². The molecule has 0 radical (unpaired) electrons. The van der Waals surface area contributed by atoms with E-state index in [0.29, 0.717) is 0 Å². The molecule has 11 heavy (non-hydrogen) atoms. The summed E-state index contributed by atoms with van der Waals surface area (Å²) >= 11 is 0. The molecule has 0 heterocycles. The fraction of sp³-hybridized carbons (Fsp3) is 1.00. The molecule has 70 valence electrons. The van der Waals surface area contributed by atoms with Gasteiger partial charge in [-0.2, -0.15) is 13.7 Å². The first-order chi connectivity index (χ1) is 4.92. The zero-order valence-corrected chi connectivity index (χ0v) is 5.46. The lowest BCUT2D eigenvalue weighted by Gasteiger charge is -2.08. The fourth-order valence-corrected chi connectivity index (χ4v) is 0.0583. The summed E-state index contributed by atoms with van der Waals surface area (Å²) in [5.74, 6) is -4.46. The minimum atomic E-state index is -4.46. The van der Waals surface area contributed by atoms with Crippen molar-refractivity contribution in [2.45, 2.75) is 12.3 Å². The standard InChI is InChI=1S/C3H3F5.CH3FO/c4-1-3(7,8)2(5)6;1-3-2/h2H,1H2;1H3. The van der Waals surface area contributed by atoms with Crippen LogP contribution in [-0.4, -0.2) is 26.1 Å². The largest absolute Gasteiger partial charge is 0.335 e. The normalized spacial score (nSPS) is 10.9. The quantitative estimate of drug-likeness (QED) is 0.598. The van der Waals surface area contributed by atoms with Crippen LogP contribution < -0.4 is 0 Å². The van der Waals surface area contributed by atoms with E-state index in [4.69, 9.17) is 0 Å². The predicted octanol–water partition coefficient (Wildman–Crippen LogP) is 2.37. The van der Waals surface area contributed by atoms with Crippen LogP contribution in [0.15, 0.2) is 0 Å². The topological polar surface area (TPSA) is 9.23 Å². The first-order valence-electron chi connectivity index (χ1n) is 2.29. The Morgan fingerprint density at radius 3 is 1.64 bits per heavy atom. The van der Waals surface area contributed by atoms with Crippen molar-refractivity contribution in [1.29, 1.82) is 0 Å². The van der Waals surface area contributed by atoms with Gasteiger partial charge in [-0.3, -0.25) is 0 Å². The van der Waals surface area contributed by atoms with Crippen LogP contribution in [0.5, 0.6) is 0 Å². The van der Waals surface area contributed by atoms with Crippen LogP contribution in [0.4, 0.5) is 26.5 Å². The highest BCUT2D eigenvalue weighted by Gasteiger charge is 2.40. The van der Waals surface area contributed by atoms with Gasteiger partial charge in [0.05, 0.1) is 7.11 Å². The van der Waals surface area contributed by atoms with Crippen LogP contribution in [0, 0.1) is 0 Å². The second kappa shape index (κ2) is 6.26. The van der Waals surface area contributed by atoms with E-state index in [1.54, 1.807) is 0 Å². The van der Waals surface area contributed by atoms with Crippen LogP contribution in [0.1, 0.15) is 0 Å². The Hall–Kier alpha value is -0.460. The maximum Gasteiger partial charge on any atom is 0.335 e. The van der Waals surface area contributed by atoms with Gasteiger partial charge in [0.15, 0.2) is 6.67 Å². The minimum Gasteiger partial charge on any atom is -0.244 e. The average molecular weight is 184 g/mol. The van der Waals surface area contributed by atoms with Crippen molar-refractivity contribution in [3.63, 3.8) is 0 Å². The SMILES string of the molecule is COF.FCC(F)(F)C(F)F. The molecule has 0 aromatic rings. The van der Waals surface area contributed by atoms with E-state index in [1.807, 2.05) is 0 Å². The number of halogens is 6. The van der Waals surface area contributed by atoms with Gasteiger partial charge in [-0.15, -0.1) is 0 Å². The molecular weight excluding hydrogens is 178 g/mol. The van der Waals surface area contributed by atoms with Gasteiger partial charge in [0.2, 0.25) is 0 Å². The van der Waals surface area contributed by atoms with E-state index in [-0.39, 0.29) is 0 Å². The van der Waals surface area contributed by atoms with Crippen molar-refractivity contribution < 1.29 is 31.4 Å². The third-order valence-corrected chi connectivity index (χ3v) is 0.497. The molecule has 0 atom stereocenters. The van der Waals surface area contributed by atoms with Crippen LogP contribution in [0.2, 0.25) is 0 Å². The Morgan fingerprint density at radius 2 is 1.64 bits per heavy atom. The van der Waals surface area contributed by atoms with Crippen LogP contribution >= 0.6 is 0 Å². The van der Waals surface area contributed by atoms with Crippen molar-refractivity contribution in [3.8, 4) is 0 Å². The summed E-state index contributed by atoms with van der Waals surface area (Å²) in [6, 6.07) is 0. The van der Waals surface area contributed by atoms with E-state index in [1.165, 1.54) is 0 Å². The molecule has 0 aliphatic heterocycles. The van der Waals surface area contributed by atoms with Crippen LogP contribution in [0.3, 0.4) is 0 Å². The molecule has 0 aliphatic carbocycles. The van der Waals surface area contributed by atoms with E-state index in [0.717, 1.165) is 7.11 Å². The summed E-state index contributed by atoms with van der Waals surface area (Å²) in [6.07, 6.45) is -3.90. The van der Waals surface area contributed by atoms with E-state index in [2.05, 4.69) is 4.94 Å². The summed E-state index contributed by atoms with van der Waals surface area (Å²) in [7, 11) is 0.958. The molecule has 0 aliphatic rings. The van der Waals surface area contributed by atoms with Crippen molar-refractivity contribution >= 4 is 0 Å². The third-order valence-electron chi connectivity index (χ3n) is 0.497. The lowest BCUT2D eigenvalue weighted by atomic mass is 10.4. The van der Waals surface area contributed by atoms with Crippen LogP contribution in [0.25, 0.3) is 0 Å². The number of hydrogen-bond donors (Lipinski definition) is 0. The summed E-state index contributed by atoms with van der Waals surface area (Å²) in [4.78, 5) is 2.75. The molecule has 0 aromatic carbocycles. The van der Waals surface area contributed by atoms with Gasteiger partial charge in [-0.1, -0.05) is 0 Å². The van der Waals surface area contributed by atoms with E-state index in [9.17, 15) is 26.5 Å². The molecule has 0 saturated carbocycles. The lowest BCUT2D eigenvalue weighted by molar-refractivity contribution is -0.139. The summed E-state index contributed by atoms with van der Waals surface area (Å²) in [6.45, 7) is -2.30. The maximum atomic E-state index is 11.2. The summed E-state index contributed by atoms with van der Waals surface area (Å²) < 4.78 is 64.5. The van der Waals surface area contributed by atoms with Crippen molar-refractivity contribution in [1.82, 2.24) is 0 Å². The second-order valence-electron chi connectivity index (χ2n) is 1.35. The highest BCUT2D eigenvalue weighted by molar-refractivity contribution is 4.65. The van der Waals surface area contributed by atoms with E-state index >= 15 is 0 Å². The van der Waals surface area contributed by atoms with Crippen molar-refractivity contribution in [2.24, 2.45) is 0 Å². The Morgan fingerprint density at radius 1 is 1.36 bits per heavy atom. The molecule has 0 aromatic heterocycles. The second-order valence-corrected chi connectivity index (χ2v) is 1.35. The molecule has 0 rings (SSSR count). The fourth-order valence-electron chi connectivity index (χ4n) is 0.0583. The zero-order chi connectivity index (χ0) is 9.49. The van der Waals surface area contributed by atoms with Gasteiger partial charge >= 0.3 is 12.3 Å². The highest BCUT2D eigenvalue weighted by atomic mass is 19.3. The molecule has 7 heteroatoms. The highest BCUT2D eigenvalue weighted by Crippen LogP contribution is 2.22. The minimum absolute atomic E-state index is 0.958. The van der Waals surface area contributed by atoms with Gasteiger partial charge in [0, 0.05) is 0 Å². The Kier molecular flexibility index (Phi) is 7.49. The first-order valence-corrected chi connectivity index (χ1v) is 2.29. The van der Waals surface area contributed by atoms with Gasteiger partial charge in [-0.05, 0) is 4.53 Å². The zero-order valence-electron chi connectivity index (χ0n) is 5.46. The molecule has 0 N–H and O–H groups in total. The van der Waals surface area contributed by atoms with Gasteiger partial charge in [-0.25, -0.2) is 13.2 Å². The molecule has 0 bridgehead atoms. The number of alkyl halides is 5. The van der Waals surface area contributed by atoms with Gasteiger partial charge < -0.3 is 0 Å². The van der Waals surface area contributed by atoms with E-state index < -0.39 is 19.0 Å². The number of hydrogen-bond acceptors (Lipinski definition) is 1. The molecule has 0 unspecified atom stereocenters. The molecular formula is C4H6F6O. The monoisotopic (exact) mass is 184 g/mol. The molecule has 0 fully saturated rings. The van der Waals surface area contributed by atoms with Gasteiger partial charge in [0.25, 0.3) is 0 Å². The Labute approximate surface area is 58.8 Å². The summed E-state index contributed by atoms with van der Waals surface area (Å²) in [5, 5.41) is 0. The molecule has 1 nitrogen and oxygen atoms in total. The van der Waals surface area contributed by atoms with Crippen LogP contribution in [-0.2, 0) is 4.94 Å². The smallest absolute Gasteiger partial charge is 0.244 e. The lowest BCUT2D eigenvalue weighted by Crippen LogP contribution is -2.28.